The van der Waals surface area contributed by atoms with Crippen LogP contribution in [0.3, 0.4) is 0 Å². The molecule has 1 aliphatic rings. The van der Waals surface area contributed by atoms with Gasteiger partial charge >= 0.3 is 0 Å². The molecular formula is C24H16Cl3N3O2S. The third kappa shape index (κ3) is 4.04. The molecule has 0 amide bonds. The molecule has 1 aliphatic heterocycles. The first-order valence-corrected chi connectivity index (χ1v) is 11.5. The van der Waals surface area contributed by atoms with Crippen molar-refractivity contribution in [2.75, 3.05) is 4.90 Å². The Labute approximate surface area is 210 Å². The molecule has 2 N–H and O–H groups in total. The van der Waals surface area contributed by atoms with E-state index in [-0.39, 0.29) is 11.8 Å². The molecule has 1 saturated heterocycles. The fourth-order valence-electron chi connectivity index (χ4n) is 3.94. The van der Waals surface area contributed by atoms with Gasteiger partial charge in [0.15, 0.2) is 5.11 Å². The summed E-state index contributed by atoms with van der Waals surface area (Å²) in [6, 6.07) is 18.7. The molecule has 0 bridgehead atoms. The van der Waals surface area contributed by atoms with E-state index in [0.29, 0.717) is 43.0 Å². The smallest absolute Gasteiger partial charge is 0.174 e. The maximum Gasteiger partial charge on any atom is 0.174 e. The van der Waals surface area contributed by atoms with E-state index in [2.05, 4.69) is 10.3 Å². The summed E-state index contributed by atoms with van der Waals surface area (Å²) < 4.78 is 6.28. The summed E-state index contributed by atoms with van der Waals surface area (Å²) in [5.74, 6) is 1.20. The molecule has 2 atom stereocenters. The van der Waals surface area contributed by atoms with E-state index in [9.17, 15) is 5.11 Å². The summed E-state index contributed by atoms with van der Waals surface area (Å²) in [4.78, 5) is 6.30. The van der Waals surface area contributed by atoms with Gasteiger partial charge in [0.2, 0.25) is 0 Å². The van der Waals surface area contributed by atoms with Crippen LogP contribution in [0.1, 0.15) is 23.5 Å². The van der Waals surface area contributed by atoms with E-state index >= 15 is 0 Å². The van der Waals surface area contributed by atoms with Crippen LogP contribution in [0, 0.1) is 0 Å². The summed E-state index contributed by atoms with van der Waals surface area (Å²) in [7, 11) is 0. The summed E-state index contributed by atoms with van der Waals surface area (Å²) in [5.41, 5.74) is 1.91. The molecule has 9 heteroatoms. The summed E-state index contributed by atoms with van der Waals surface area (Å²) in [6.07, 6.45) is 1.72. The fourth-order valence-corrected chi connectivity index (χ4v) is 4.84. The number of rotatable bonds is 4. The maximum atomic E-state index is 10.6. The Hall–Kier alpha value is -2.77. The van der Waals surface area contributed by atoms with Crippen molar-refractivity contribution in [2.45, 2.75) is 12.1 Å². The Bertz CT molecular complexity index is 1350. The number of aromatic hydroxyl groups is 1. The SMILES string of the molecule is Oc1ccc(Cl)cc1N1C(=S)N[C@H](c2ccccn2)[C@@H]1c1ccc(-c2cccc(Cl)c2Cl)o1. The first-order chi connectivity index (χ1) is 15.9. The van der Waals surface area contributed by atoms with Crippen molar-refractivity contribution >= 4 is 57.8 Å². The van der Waals surface area contributed by atoms with Crippen molar-refractivity contribution in [3.63, 3.8) is 0 Å². The van der Waals surface area contributed by atoms with Crippen molar-refractivity contribution < 1.29 is 9.52 Å². The maximum absolute atomic E-state index is 10.6. The average Bonchev–Trinajstić information content (AvgIpc) is 3.42. The zero-order chi connectivity index (χ0) is 23.1. The van der Waals surface area contributed by atoms with Crippen LogP contribution in [0.15, 0.2) is 77.3 Å². The van der Waals surface area contributed by atoms with Gasteiger partial charge in [-0.25, -0.2) is 0 Å². The molecule has 5 nitrogen and oxygen atoms in total. The van der Waals surface area contributed by atoms with Gasteiger partial charge in [0.25, 0.3) is 0 Å². The number of anilines is 1. The highest BCUT2D eigenvalue weighted by Gasteiger charge is 2.43. The van der Waals surface area contributed by atoms with E-state index < -0.39 is 6.04 Å². The summed E-state index contributed by atoms with van der Waals surface area (Å²) in [5, 5.41) is 15.7. The molecule has 2 aromatic heterocycles. The highest BCUT2D eigenvalue weighted by Crippen LogP contribution is 2.46. The number of phenolic OH excluding ortho intramolecular Hbond substituents is 1. The predicted octanol–water partition coefficient (Wildman–Crippen LogP) is 7.18. The molecule has 0 saturated carbocycles. The summed E-state index contributed by atoms with van der Waals surface area (Å²) >= 11 is 24.5. The quantitative estimate of drug-likeness (QED) is 0.280. The zero-order valence-electron chi connectivity index (χ0n) is 16.9. The van der Waals surface area contributed by atoms with Crippen LogP contribution in [-0.2, 0) is 0 Å². The Balaban J connectivity index is 1.64. The largest absolute Gasteiger partial charge is 0.506 e. The number of nitrogens with one attached hydrogen (secondary N) is 1. The third-order valence-corrected chi connectivity index (χ3v) is 6.80. The van der Waals surface area contributed by atoms with Crippen LogP contribution in [0.2, 0.25) is 15.1 Å². The van der Waals surface area contributed by atoms with Gasteiger partial charge in [0, 0.05) is 16.8 Å². The third-order valence-electron chi connectivity index (χ3n) is 5.43. The number of thiocarbonyl (C=S) groups is 1. The lowest BCUT2D eigenvalue weighted by Crippen LogP contribution is -2.29. The second kappa shape index (κ2) is 8.88. The Kier molecular flexibility index (Phi) is 5.93. The second-order valence-electron chi connectivity index (χ2n) is 7.43. The van der Waals surface area contributed by atoms with Gasteiger partial charge in [0.1, 0.15) is 23.3 Å². The minimum atomic E-state index is -0.455. The molecule has 33 heavy (non-hydrogen) atoms. The van der Waals surface area contributed by atoms with E-state index in [1.165, 1.54) is 6.07 Å². The predicted molar refractivity (Wildman–Crippen MR) is 135 cm³/mol. The van der Waals surface area contributed by atoms with E-state index in [0.717, 1.165) is 5.69 Å². The van der Waals surface area contributed by atoms with Crippen molar-refractivity contribution in [1.82, 2.24) is 10.3 Å². The van der Waals surface area contributed by atoms with Crippen molar-refractivity contribution in [3.8, 4) is 17.1 Å². The minimum Gasteiger partial charge on any atom is -0.506 e. The first-order valence-electron chi connectivity index (χ1n) is 9.97. The van der Waals surface area contributed by atoms with Crippen LogP contribution in [0.4, 0.5) is 5.69 Å². The normalized spacial score (nSPS) is 17.9. The lowest BCUT2D eigenvalue weighted by molar-refractivity contribution is 0.434. The monoisotopic (exact) mass is 515 g/mol. The van der Waals surface area contributed by atoms with Gasteiger partial charge < -0.3 is 19.7 Å². The molecule has 166 valence electrons. The molecular weight excluding hydrogens is 501 g/mol. The fraction of sp³-hybridized carbons (Fsp3) is 0.0833. The number of furan rings is 1. The van der Waals surface area contributed by atoms with Gasteiger partial charge in [-0.3, -0.25) is 4.98 Å². The zero-order valence-corrected chi connectivity index (χ0v) is 20.0. The van der Waals surface area contributed by atoms with Crippen molar-refractivity contribution in [3.05, 3.63) is 99.4 Å². The van der Waals surface area contributed by atoms with Crippen LogP contribution >= 0.6 is 47.0 Å². The van der Waals surface area contributed by atoms with Gasteiger partial charge in [-0.2, -0.15) is 0 Å². The standard InChI is InChI=1S/C24H16Cl3N3O2S/c25-13-7-8-18(31)17(12-13)30-23(22(29-24(30)33)16-6-1-2-11-28-16)20-10-9-19(32-20)14-4-3-5-15(26)21(14)27/h1-12,22-23,31H,(H,29,33)/t22-,23+/m1/s1. The highest BCUT2D eigenvalue weighted by molar-refractivity contribution is 7.80. The summed E-state index contributed by atoms with van der Waals surface area (Å²) in [6.45, 7) is 0. The second-order valence-corrected chi connectivity index (χ2v) is 9.04. The molecule has 2 aromatic carbocycles. The number of hydrogen-bond donors (Lipinski definition) is 2. The van der Waals surface area contributed by atoms with Crippen LogP contribution in [0.5, 0.6) is 5.75 Å². The van der Waals surface area contributed by atoms with E-state index in [1.54, 1.807) is 29.3 Å². The Morgan fingerprint density at radius 2 is 1.85 bits per heavy atom. The van der Waals surface area contributed by atoms with E-state index in [4.69, 9.17) is 51.4 Å². The van der Waals surface area contributed by atoms with Crippen LogP contribution < -0.4 is 10.2 Å². The molecule has 1 fully saturated rings. The van der Waals surface area contributed by atoms with Crippen LogP contribution in [-0.4, -0.2) is 15.2 Å². The van der Waals surface area contributed by atoms with Gasteiger partial charge in [0.05, 0.1) is 27.5 Å². The Morgan fingerprint density at radius 3 is 2.64 bits per heavy atom. The Morgan fingerprint density at radius 1 is 1.00 bits per heavy atom. The number of benzene rings is 2. The minimum absolute atomic E-state index is 0.0416. The lowest BCUT2D eigenvalue weighted by Gasteiger charge is -2.26. The average molecular weight is 517 g/mol. The topological polar surface area (TPSA) is 61.5 Å². The number of hydrogen-bond acceptors (Lipinski definition) is 4. The first kappa shape index (κ1) is 22.0. The number of aromatic nitrogens is 1. The number of nitrogens with zero attached hydrogens (tertiary/aromatic N) is 2. The molecule has 3 heterocycles. The number of pyridine rings is 1. The molecule has 0 aliphatic carbocycles. The van der Waals surface area contributed by atoms with Gasteiger partial charge in [-0.15, -0.1) is 0 Å². The molecule has 5 rings (SSSR count). The van der Waals surface area contributed by atoms with Crippen molar-refractivity contribution in [1.29, 1.82) is 0 Å². The molecule has 4 aromatic rings. The van der Waals surface area contributed by atoms with Crippen molar-refractivity contribution in [2.24, 2.45) is 0 Å². The van der Waals surface area contributed by atoms with Gasteiger partial charge in [-0.1, -0.05) is 46.9 Å². The lowest BCUT2D eigenvalue weighted by atomic mass is 10.0. The van der Waals surface area contributed by atoms with E-state index in [1.807, 2.05) is 42.5 Å². The highest BCUT2D eigenvalue weighted by atomic mass is 35.5. The molecule has 0 radical (unpaired) electrons. The molecule has 0 unspecified atom stereocenters. The number of phenols is 1. The van der Waals surface area contributed by atoms with Gasteiger partial charge in [-0.05, 0) is 66.8 Å². The molecule has 0 spiro atoms. The number of halogens is 3. The van der Waals surface area contributed by atoms with Crippen LogP contribution in [0.25, 0.3) is 11.3 Å².